The Bertz CT molecular complexity index is 858. The van der Waals surface area contributed by atoms with E-state index >= 15 is 0 Å². The maximum Gasteiger partial charge on any atom is 0.305 e. The molecule has 0 aliphatic carbocycles. The van der Waals surface area contributed by atoms with Gasteiger partial charge >= 0.3 is 5.97 Å². The van der Waals surface area contributed by atoms with Crippen molar-refractivity contribution in [3.63, 3.8) is 0 Å². The molecule has 0 saturated heterocycles. The highest BCUT2D eigenvalue weighted by atomic mass is 16.5. The molecular weight excluding hydrogens is 683 g/mol. The quantitative estimate of drug-likeness (QED) is 0.0325. The Morgan fingerprint density at radius 2 is 0.855 bits per heavy atom. The highest BCUT2D eigenvalue weighted by Gasteiger charge is 2.20. The largest absolute Gasteiger partial charge is 0.466 e. The van der Waals surface area contributed by atoms with Gasteiger partial charge in [-0.15, -0.1) is 0 Å². The minimum atomic E-state index is -0.685. The minimum absolute atomic E-state index is 0.0467. The molecule has 2 unspecified atom stereocenters. The normalized spacial score (nSPS) is 12.9. The summed E-state index contributed by atoms with van der Waals surface area (Å²) in [5, 5.41) is 23.2. The van der Waals surface area contributed by atoms with E-state index in [1.165, 1.54) is 141 Å². The number of rotatable bonds is 44. The zero-order chi connectivity index (χ0) is 40.1. The Morgan fingerprint density at radius 3 is 1.33 bits per heavy atom. The number of hydrogen-bond acceptors (Lipinski definition) is 5. The summed E-state index contributed by atoms with van der Waals surface area (Å²) in [6.07, 6.45) is 51.4. The zero-order valence-corrected chi connectivity index (χ0v) is 36.7. The molecule has 0 rings (SSSR count). The maximum atomic E-state index is 12.4. The average Bonchev–Trinajstić information content (AvgIpc) is 3.18. The first kappa shape index (κ1) is 53.3. The smallest absolute Gasteiger partial charge is 0.305 e. The Morgan fingerprint density at radius 1 is 0.491 bits per heavy atom. The first-order valence-corrected chi connectivity index (χ1v) is 24.1. The van der Waals surface area contributed by atoms with Crippen molar-refractivity contribution in [1.29, 1.82) is 0 Å². The van der Waals surface area contributed by atoms with Gasteiger partial charge < -0.3 is 20.3 Å². The van der Waals surface area contributed by atoms with Crippen molar-refractivity contribution >= 4 is 11.9 Å². The zero-order valence-electron chi connectivity index (χ0n) is 36.7. The molecular formula is C49H93NO5. The minimum Gasteiger partial charge on any atom is -0.466 e. The van der Waals surface area contributed by atoms with Gasteiger partial charge in [0.25, 0.3) is 0 Å². The van der Waals surface area contributed by atoms with Crippen molar-refractivity contribution in [2.75, 3.05) is 13.2 Å². The van der Waals surface area contributed by atoms with Crippen LogP contribution in [-0.4, -0.2) is 47.4 Å². The van der Waals surface area contributed by atoms with Gasteiger partial charge in [-0.2, -0.15) is 0 Å². The van der Waals surface area contributed by atoms with Crippen molar-refractivity contribution in [1.82, 2.24) is 5.32 Å². The molecule has 0 saturated carbocycles. The molecule has 55 heavy (non-hydrogen) atoms. The number of ether oxygens (including phenoxy) is 1. The number of carbonyl (C=O) groups is 2. The third-order valence-electron chi connectivity index (χ3n) is 11.0. The van der Waals surface area contributed by atoms with E-state index in [1.54, 1.807) is 0 Å². The predicted octanol–water partition coefficient (Wildman–Crippen LogP) is 14.0. The number of hydrogen-bond donors (Lipinski definition) is 3. The number of amides is 1. The fourth-order valence-corrected chi connectivity index (χ4v) is 7.21. The summed E-state index contributed by atoms with van der Waals surface area (Å²) >= 11 is 0. The molecule has 0 aliphatic heterocycles. The van der Waals surface area contributed by atoms with E-state index in [0.717, 1.165) is 77.0 Å². The van der Waals surface area contributed by atoms with E-state index in [2.05, 4.69) is 43.5 Å². The Balaban J connectivity index is 3.55. The van der Waals surface area contributed by atoms with Crippen LogP contribution in [-0.2, 0) is 14.3 Å². The number of nitrogens with one attached hydrogen (secondary N) is 1. The Hall–Kier alpha value is -1.66. The lowest BCUT2D eigenvalue weighted by Gasteiger charge is -2.22. The molecule has 0 radical (unpaired) electrons. The number of esters is 1. The summed E-state index contributed by atoms with van der Waals surface area (Å²) in [5.74, 6) is -0.118. The molecule has 0 heterocycles. The van der Waals surface area contributed by atoms with Crippen LogP contribution in [0.15, 0.2) is 24.3 Å². The molecule has 0 fully saturated rings. The number of unbranched alkanes of at least 4 members (excludes halogenated alkanes) is 29. The molecule has 0 aromatic rings. The summed E-state index contributed by atoms with van der Waals surface area (Å²) in [4.78, 5) is 24.4. The highest BCUT2D eigenvalue weighted by molar-refractivity contribution is 5.76. The van der Waals surface area contributed by atoms with Crippen LogP contribution in [0, 0.1) is 0 Å². The number of carbonyl (C=O) groups excluding carboxylic acids is 2. The van der Waals surface area contributed by atoms with Gasteiger partial charge in [0, 0.05) is 12.8 Å². The second-order valence-corrected chi connectivity index (χ2v) is 16.4. The van der Waals surface area contributed by atoms with Crippen LogP contribution in [0.3, 0.4) is 0 Å². The van der Waals surface area contributed by atoms with Crippen molar-refractivity contribution in [2.24, 2.45) is 0 Å². The topological polar surface area (TPSA) is 95.9 Å². The number of aliphatic hydroxyl groups excluding tert-OH is 2. The van der Waals surface area contributed by atoms with E-state index in [-0.39, 0.29) is 18.5 Å². The summed E-state index contributed by atoms with van der Waals surface area (Å²) < 4.78 is 5.41. The van der Waals surface area contributed by atoms with Crippen LogP contribution in [0.1, 0.15) is 251 Å². The van der Waals surface area contributed by atoms with Crippen molar-refractivity contribution in [3.05, 3.63) is 24.3 Å². The van der Waals surface area contributed by atoms with Gasteiger partial charge in [-0.3, -0.25) is 9.59 Å². The molecule has 0 aliphatic rings. The van der Waals surface area contributed by atoms with Crippen LogP contribution in [0.2, 0.25) is 0 Å². The Labute approximate surface area is 341 Å². The van der Waals surface area contributed by atoms with Crippen LogP contribution in [0.25, 0.3) is 0 Å². The lowest BCUT2D eigenvalue weighted by molar-refractivity contribution is -0.143. The average molecular weight is 776 g/mol. The molecule has 0 aromatic heterocycles. The maximum absolute atomic E-state index is 12.4. The fraction of sp³-hybridized carbons (Fsp3) is 0.878. The van der Waals surface area contributed by atoms with Gasteiger partial charge in [0.05, 0.1) is 25.4 Å². The molecule has 6 heteroatoms. The SMILES string of the molecule is CCCCC/C=C\CCCCCCCC(=O)OCCCC/C=C\CCCCCCC(=O)NC(CO)C(O)CCCCCCCCCCCCCCCCCC. The first-order valence-electron chi connectivity index (χ1n) is 24.1. The second-order valence-electron chi connectivity index (χ2n) is 16.4. The summed E-state index contributed by atoms with van der Waals surface area (Å²) in [6.45, 7) is 4.83. The number of allylic oxidation sites excluding steroid dienone is 4. The van der Waals surface area contributed by atoms with Crippen LogP contribution in [0.4, 0.5) is 0 Å². The van der Waals surface area contributed by atoms with E-state index in [1.807, 2.05) is 0 Å². The van der Waals surface area contributed by atoms with Crippen molar-refractivity contribution < 1.29 is 24.5 Å². The van der Waals surface area contributed by atoms with E-state index < -0.39 is 12.1 Å². The molecule has 324 valence electrons. The summed E-state index contributed by atoms with van der Waals surface area (Å²) in [5.41, 5.74) is 0. The van der Waals surface area contributed by atoms with E-state index in [4.69, 9.17) is 4.74 Å². The molecule has 1 amide bonds. The summed E-state index contributed by atoms with van der Waals surface area (Å²) in [6, 6.07) is -0.566. The predicted molar refractivity (Wildman–Crippen MR) is 236 cm³/mol. The van der Waals surface area contributed by atoms with Gasteiger partial charge in [0.1, 0.15) is 0 Å². The van der Waals surface area contributed by atoms with Gasteiger partial charge in [-0.1, -0.05) is 186 Å². The van der Waals surface area contributed by atoms with Crippen molar-refractivity contribution in [3.8, 4) is 0 Å². The van der Waals surface area contributed by atoms with Crippen LogP contribution in [0.5, 0.6) is 0 Å². The lowest BCUT2D eigenvalue weighted by atomic mass is 10.0. The second kappa shape index (κ2) is 45.0. The Kier molecular flexibility index (Phi) is 43.7. The van der Waals surface area contributed by atoms with E-state index in [0.29, 0.717) is 25.9 Å². The van der Waals surface area contributed by atoms with Crippen LogP contribution >= 0.6 is 0 Å². The van der Waals surface area contributed by atoms with E-state index in [9.17, 15) is 19.8 Å². The van der Waals surface area contributed by atoms with Crippen LogP contribution < -0.4 is 5.32 Å². The monoisotopic (exact) mass is 776 g/mol. The molecule has 0 bridgehead atoms. The summed E-state index contributed by atoms with van der Waals surface area (Å²) in [7, 11) is 0. The molecule has 0 aromatic carbocycles. The third kappa shape index (κ3) is 41.8. The highest BCUT2D eigenvalue weighted by Crippen LogP contribution is 2.16. The van der Waals surface area contributed by atoms with Gasteiger partial charge in [-0.25, -0.2) is 0 Å². The van der Waals surface area contributed by atoms with Gasteiger partial charge in [0.2, 0.25) is 5.91 Å². The third-order valence-corrected chi connectivity index (χ3v) is 11.0. The number of aliphatic hydroxyl groups is 2. The first-order chi connectivity index (χ1) is 27.0. The molecule has 6 nitrogen and oxygen atoms in total. The molecule has 3 N–H and O–H groups in total. The fourth-order valence-electron chi connectivity index (χ4n) is 7.21. The molecule has 0 spiro atoms. The standard InChI is InChI=1S/C49H93NO5/c1-3-5-7-9-11-13-15-17-18-19-20-21-25-29-33-37-41-47(52)46(45-51)50-48(53)42-38-34-30-26-23-24-28-32-36-40-44-55-49(54)43-39-35-31-27-22-16-14-12-10-8-6-4-2/h12,14,24,28,46-47,51-52H,3-11,13,15-23,25-27,29-45H2,1-2H3,(H,50,53)/b14-12-,28-24-. The molecule has 2 atom stereocenters. The van der Waals surface area contributed by atoms with Gasteiger partial charge in [-0.05, 0) is 77.0 Å². The van der Waals surface area contributed by atoms with Gasteiger partial charge in [0.15, 0.2) is 0 Å². The van der Waals surface area contributed by atoms with Crippen molar-refractivity contribution in [2.45, 2.75) is 264 Å². The lowest BCUT2D eigenvalue weighted by Crippen LogP contribution is -2.45.